The third-order valence-electron chi connectivity index (χ3n) is 5.09. The van der Waals surface area contributed by atoms with Gasteiger partial charge in [-0.3, -0.25) is 9.59 Å². The lowest BCUT2D eigenvalue weighted by Crippen LogP contribution is -2.32. The summed E-state index contributed by atoms with van der Waals surface area (Å²) in [7, 11) is 1.52. The van der Waals surface area contributed by atoms with E-state index in [0.29, 0.717) is 33.5 Å². The number of esters is 1. The van der Waals surface area contributed by atoms with Crippen molar-refractivity contribution in [3.63, 3.8) is 0 Å². The Bertz CT molecular complexity index is 1320. The van der Waals surface area contributed by atoms with Gasteiger partial charge in [-0.2, -0.15) is 0 Å². The fourth-order valence-corrected chi connectivity index (χ4v) is 3.59. The van der Waals surface area contributed by atoms with Gasteiger partial charge in [-0.05, 0) is 79.2 Å². The summed E-state index contributed by atoms with van der Waals surface area (Å²) in [6, 6.07) is 17.6. The Balaban J connectivity index is 1.47. The van der Waals surface area contributed by atoms with Gasteiger partial charge in [0.25, 0.3) is 11.8 Å². The molecule has 0 aliphatic carbocycles. The summed E-state index contributed by atoms with van der Waals surface area (Å²) >= 11 is 12.2. The number of rotatable bonds is 6. The minimum atomic E-state index is -0.641. The van der Waals surface area contributed by atoms with Crippen molar-refractivity contribution in [2.75, 3.05) is 17.3 Å². The minimum Gasteiger partial charge on any atom is -0.497 e. The second-order valence-corrected chi connectivity index (χ2v) is 8.12. The van der Waals surface area contributed by atoms with Crippen LogP contribution in [0.2, 0.25) is 5.02 Å². The number of carbonyl (C=O) groups is 3. The molecule has 1 N–H and O–H groups in total. The van der Waals surface area contributed by atoms with Crippen LogP contribution < -0.4 is 19.7 Å². The van der Waals surface area contributed by atoms with Crippen LogP contribution in [0.4, 0.5) is 11.4 Å². The van der Waals surface area contributed by atoms with Gasteiger partial charge in [0, 0.05) is 10.7 Å². The third-order valence-corrected chi connectivity index (χ3v) is 5.86. The largest absolute Gasteiger partial charge is 0.497 e. The molecule has 0 bridgehead atoms. The highest BCUT2D eigenvalue weighted by Gasteiger charge is 2.39. The summed E-state index contributed by atoms with van der Waals surface area (Å²) in [6.45, 7) is 1.81. The molecule has 0 aromatic heterocycles. The molecule has 4 rings (SSSR count). The van der Waals surface area contributed by atoms with Crippen LogP contribution in [-0.4, -0.2) is 24.9 Å². The van der Waals surface area contributed by atoms with Crippen molar-refractivity contribution in [2.45, 2.75) is 6.92 Å². The zero-order valence-corrected chi connectivity index (χ0v) is 19.6. The van der Waals surface area contributed by atoms with Crippen LogP contribution in [-0.2, 0) is 9.59 Å². The standard InChI is InChI=1S/C25H18Cl2N2O5/c1-14-13-19(11-12-20(14)26)34-25(32)15-3-5-16(6-4-15)28-22-21(27)23(30)29(24(22)31)17-7-9-18(33-2)10-8-17/h3-13,28H,1-2H3. The molecule has 2 amide bonds. The van der Waals surface area contributed by atoms with Crippen molar-refractivity contribution in [1.82, 2.24) is 0 Å². The number of ether oxygens (including phenoxy) is 2. The van der Waals surface area contributed by atoms with Crippen molar-refractivity contribution >= 4 is 52.4 Å². The molecule has 0 saturated heterocycles. The van der Waals surface area contributed by atoms with Crippen LogP contribution in [0.5, 0.6) is 11.5 Å². The van der Waals surface area contributed by atoms with Gasteiger partial charge in [0.2, 0.25) is 0 Å². The summed E-state index contributed by atoms with van der Waals surface area (Å²) in [6.07, 6.45) is 0. The van der Waals surface area contributed by atoms with E-state index in [9.17, 15) is 14.4 Å². The molecule has 0 atom stereocenters. The number of benzene rings is 3. The first-order valence-corrected chi connectivity index (χ1v) is 10.8. The molecule has 1 aliphatic rings. The van der Waals surface area contributed by atoms with Crippen molar-refractivity contribution in [2.24, 2.45) is 0 Å². The van der Waals surface area contributed by atoms with E-state index in [2.05, 4.69) is 5.32 Å². The molecule has 34 heavy (non-hydrogen) atoms. The van der Waals surface area contributed by atoms with Gasteiger partial charge in [0.05, 0.1) is 18.4 Å². The molecule has 0 spiro atoms. The normalized spacial score (nSPS) is 13.4. The lowest BCUT2D eigenvalue weighted by Gasteiger charge is -2.15. The van der Waals surface area contributed by atoms with E-state index in [-0.39, 0.29) is 10.7 Å². The van der Waals surface area contributed by atoms with Gasteiger partial charge in [-0.25, -0.2) is 9.69 Å². The highest BCUT2D eigenvalue weighted by molar-refractivity contribution is 6.53. The Labute approximate surface area is 205 Å². The first kappa shape index (κ1) is 23.4. The van der Waals surface area contributed by atoms with E-state index < -0.39 is 17.8 Å². The molecule has 1 aliphatic heterocycles. The topological polar surface area (TPSA) is 84.9 Å². The van der Waals surface area contributed by atoms with Gasteiger partial charge >= 0.3 is 5.97 Å². The lowest BCUT2D eigenvalue weighted by molar-refractivity contribution is -0.120. The summed E-state index contributed by atoms with van der Waals surface area (Å²) in [5.41, 5.74) is 1.85. The molecule has 0 unspecified atom stereocenters. The first-order chi connectivity index (χ1) is 16.3. The van der Waals surface area contributed by atoms with E-state index in [1.54, 1.807) is 54.6 Å². The number of carbonyl (C=O) groups excluding carboxylic acids is 3. The molecule has 0 saturated carbocycles. The Kier molecular flexibility index (Phi) is 6.58. The van der Waals surface area contributed by atoms with E-state index in [4.69, 9.17) is 32.7 Å². The fourth-order valence-electron chi connectivity index (χ4n) is 3.26. The van der Waals surface area contributed by atoms with Crippen molar-refractivity contribution < 1.29 is 23.9 Å². The monoisotopic (exact) mass is 496 g/mol. The molecular weight excluding hydrogens is 479 g/mol. The zero-order valence-electron chi connectivity index (χ0n) is 18.1. The predicted octanol–water partition coefficient (Wildman–Crippen LogP) is 5.31. The average Bonchev–Trinajstić information content (AvgIpc) is 3.05. The molecule has 172 valence electrons. The number of nitrogens with zero attached hydrogens (tertiary/aromatic N) is 1. The van der Waals surface area contributed by atoms with Gasteiger partial charge in [0.1, 0.15) is 22.2 Å². The number of aryl methyl sites for hydroxylation is 1. The second kappa shape index (κ2) is 9.59. The Morgan fingerprint density at radius 2 is 1.53 bits per heavy atom. The molecular formula is C25H18Cl2N2O5. The lowest BCUT2D eigenvalue weighted by atomic mass is 10.2. The van der Waals surface area contributed by atoms with Crippen molar-refractivity contribution in [3.05, 3.63) is 93.6 Å². The number of hydrogen-bond acceptors (Lipinski definition) is 6. The van der Waals surface area contributed by atoms with E-state index in [1.165, 1.54) is 19.2 Å². The van der Waals surface area contributed by atoms with Gasteiger partial charge in [-0.15, -0.1) is 0 Å². The molecule has 9 heteroatoms. The second-order valence-electron chi connectivity index (χ2n) is 7.34. The first-order valence-electron chi connectivity index (χ1n) is 10.1. The number of halogens is 2. The highest BCUT2D eigenvalue weighted by Crippen LogP contribution is 2.31. The maximum absolute atomic E-state index is 12.9. The van der Waals surface area contributed by atoms with Crippen LogP contribution in [0.25, 0.3) is 0 Å². The number of anilines is 2. The summed E-state index contributed by atoms with van der Waals surface area (Å²) in [5.74, 6) is -0.826. The molecule has 3 aromatic rings. The average molecular weight is 497 g/mol. The third kappa shape index (κ3) is 4.62. The highest BCUT2D eigenvalue weighted by atomic mass is 35.5. The molecule has 7 nitrogen and oxygen atoms in total. The Morgan fingerprint density at radius 1 is 0.882 bits per heavy atom. The smallest absolute Gasteiger partial charge is 0.343 e. The fraction of sp³-hybridized carbons (Fsp3) is 0.0800. The predicted molar refractivity (Wildman–Crippen MR) is 130 cm³/mol. The van der Waals surface area contributed by atoms with Crippen LogP contribution in [0.1, 0.15) is 15.9 Å². The van der Waals surface area contributed by atoms with Crippen LogP contribution >= 0.6 is 23.2 Å². The quantitative estimate of drug-likeness (QED) is 0.282. The van der Waals surface area contributed by atoms with Gasteiger partial charge < -0.3 is 14.8 Å². The van der Waals surface area contributed by atoms with Gasteiger partial charge in [0.15, 0.2) is 0 Å². The summed E-state index contributed by atoms with van der Waals surface area (Å²) in [4.78, 5) is 38.9. The van der Waals surface area contributed by atoms with Crippen LogP contribution in [0.15, 0.2) is 77.5 Å². The van der Waals surface area contributed by atoms with E-state index in [0.717, 1.165) is 10.5 Å². The Morgan fingerprint density at radius 3 is 2.15 bits per heavy atom. The van der Waals surface area contributed by atoms with E-state index in [1.807, 2.05) is 6.92 Å². The molecule has 0 fully saturated rings. The number of hydrogen-bond donors (Lipinski definition) is 1. The SMILES string of the molecule is COc1ccc(N2C(=O)C(Cl)=C(Nc3ccc(C(=O)Oc4ccc(Cl)c(C)c4)cc3)C2=O)cc1. The number of nitrogens with one attached hydrogen (secondary N) is 1. The summed E-state index contributed by atoms with van der Waals surface area (Å²) in [5, 5.41) is 3.21. The molecule has 0 radical (unpaired) electrons. The van der Waals surface area contributed by atoms with Crippen LogP contribution in [0, 0.1) is 6.92 Å². The molecule has 1 heterocycles. The van der Waals surface area contributed by atoms with Crippen LogP contribution in [0.3, 0.4) is 0 Å². The van der Waals surface area contributed by atoms with E-state index >= 15 is 0 Å². The maximum atomic E-state index is 12.9. The van der Waals surface area contributed by atoms with Crippen molar-refractivity contribution in [3.8, 4) is 11.5 Å². The van der Waals surface area contributed by atoms with Gasteiger partial charge in [-0.1, -0.05) is 23.2 Å². The number of amides is 2. The number of methoxy groups -OCH3 is 1. The summed E-state index contributed by atoms with van der Waals surface area (Å²) < 4.78 is 10.5. The van der Waals surface area contributed by atoms with Crippen molar-refractivity contribution in [1.29, 1.82) is 0 Å². The number of imide groups is 1. The minimum absolute atomic E-state index is 0.0607. The maximum Gasteiger partial charge on any atom is 0.343 e. The zero-order chi connectivity index (χ0) is 24.4. The molecule has 3 aromatic carbocycles. The Hall–Kier alpha value is -3.81.